The molecule has 5 rings (SSSR count). The van der Waals surface area contributed by atoms with E-state index < -0.39 is 5.60 Å². The van der Waals surface area contributed by atoms with Crippen molar-refractivity contribution in [1.82, 2.24) is 0 Å². The van der Waals surface area contributed by atoms with Gasteiger partial charge in [0.2, 0.25) is 0 Å². The summed E-state index contributed by atoms with van der Waals surface area (Å²) < 4.78 is 6.17. The molecule has 30 heavy (non-hydrogen) atoms. The summed E-state index contributed by atoms with van der Waals surface area (Å²) in [6.45, 7) is 11.4. The number of hydrogen-bond donors (Lipinski definition) is 1. The second kappa shape index (κ2) is 6.67. The Morgan fingerprint density at radius 1 is 1.17 bits per heavy atom. The summed E-state index contributed by atoms with van der Waals surface area (Å²) in [5, 5.41) is 10.1. The van der Waals surface area contributed by atoms with Crippen molar-refractivity contribution in [3.8, 4) is 0 Å². The second-order valence-corrected chi connectivity index (χ2v) is 12.7. The molecule has 0 amide bonds. The smallest absolute Gasteiger partial charge is 0.187 e. The molecule has 0 bridgehead atoms. The van der Waals surface area contributed by atoms with E-state index in [1.165, 1.54) is 38.5 Å². The summed E-state index contributed by atoms with van der Waals surface area (Å²) in [5.74, 6) is 4.05. The van der Waals surface area contributed by atoms with Crippen LogP contribution in [0.15, 0.2) is 12.2 Å². The number of fused-ring (bicyclic) bond motifs is 4. The highest BCUT2D eigenvalue weighted by Crippen LogP contribution is 2.72. The summed E-state index contributed by atoms with van der Waals surface area (Å²) in [5.41, 5.74) is -0.193. The summed E-state index contributed by atoms with van der Waals surface area (Å²) >= 11 is 0. The van der Waals surface area contributed by atoms with Crippen LogP contribution in [0, 0.1) is 40.4 Å². The van der Waals surface area contributed by atoms with E-state index in [0.717, 1.165) is 42.9 Å². The molecule has 1 heterocycles. The topological polar surface area (TPSA) is 49.8 Å². The van der Waals surface area contributed by atoms with Gasteiger partial charge in [-0.2, -0.15) is 0 Å². The SMILES string of the molecule is C[C@H](CCCC(C)(C)O)[C@H]1CC[C@H]2[C@@H]3CC[C@]45O[C@H]4C(=O)C=C[C@]5(C)[C@H]3CC[C@]12C. The molecule has 0 aromatic rings. The average Bonchev–Trinajstić information content (AvgIpc) is 3.30. The van der Waals surface area contributed by atoms with Crippen molar-refractivity contribution in [2.24, 2.45) is 40.4 Å². The van der Waals surface area contributed by atoms with Crippen molar-refractivity contribution < 1.29 is 14.6 Å². The van der Waals surface area contributed by atoms with E-state index in [0.29, 0.717) is 11.3 Å². The molecule has 1 N–H and O–H groups in total. The lowest BCUT2D eigenvalue weighted by Gasteiger charge is -2.58. The first-order valence-electron chi connectivity index (χ1n) is 12.7. The Kier molecular flexibility index (Phi) is 4.71. The van der Waals surface area contributed by atoms with Crippen molar-refractivity contribution in [3.05, 3.63) is 12.2 Å². The fourth-order valence-corrected chi connectivity index (χ4v) is 9.10. The van der Waals surface area contributed by atoms with Crippen LogP contribution in [0.3, 0.4) is 0 Å². The zero-order chi connectivity index (χ0) is 21.5. The van der Waals surface area contributed by atoms with Crippen LogP contribution in [0.2, 0.25) is 0 Å². The number of carbonyl (C=O) groups excluding carboxylic acids is 1. The molecule has 1 spiro atoms. The van der Waals surface area contributed by atoms with Crippen LogP contribution in [0.1, 0.15) is 92.4 Å². The fourth-order valence-electron chi connectivity index (χ4n) is 9.10. The predicted molar refractivity (Wildman–Crippen MR) is 119 cm³/mol. The average molecular weight is 415 g/mol. The van der Waals surface area contributed by atoms with Gasteiger partial charge in [0.1, 0.15) is 5.60 Å². The largest absolute Gasteiger partial charge is 0.390 e. The molecule has 3 heteroatoms. The predicted octanol–water partition coefficient (Wildman–Crippen LogP) is 5.70. The number of ketones is 1. The van der Waals surface area contributed by atoms with Gasteiger partial charge in [-0.25, -0.2) is 0 Å². The summed E-state index contributed by atoms with van der Waals surface area (Å²) in [7, 11) is 0. The molecule has 5 aliphatic rings. The van der Waals surface area contributed by atoms with E-state index in [4.69, 9.17) is 4.74 Å². The third-order valence-electron chi connectivity index (χ3n) is 10.7. The lowest BCUT2D eigenvalue weighted by atomic mass is 9.45. The standard InChI is InChI=1S/C27H42O3/c1-17(7-6-13-24(2,3)29)19-8-9-20-18-10-16-27-23(30-27)22(28)12-15-26(27,5)21(18)11-14-25(19,20)4/h12,15,17-21,23,29H,6-11,13-14,16H2,1-5H3/t17-,18+,19-,20+,21+,23+,25-,26-,27+/m1/s1. The van der Waals surface area contributed by atoms with Gasteiger partial charge >= 0.3 is 0 Å². The maximum absolute atomic E-state index is 12.3. The highest BCUT2D eigenvalue weighted by atomic mass is 16.6. The summed E-state index contributed by atoms with van der Waals surface area (Å²) in [6.07, 6.45) is 14.9. The number of epoxide rings is 1. The van der Waals surface area contributed by atoms with Crippen molar-refractivity contribution >= 4 is 5.78 Å². The zero-order valence-electron chi connectivity index (χ0n) is 19.7. The highest BCUT2D eigenvalue weighted by Gasteiger charge is 2.75. The Hall–Kier alpha value is -0.670. The molecule has 4 fully saturated rings. The van der Waals surface area contributed by atoms with Gasteiger partial charge in [-0.3, -0.25) is 4.79 Å². The molecule has 3 saturated carbocycles. The maximum Gasteiger partial charge on any atom is 0.187 e. The Labute approximate surface area is 183 Å². The monoisotopic (exact) mass is 414 g/mol. The minimum atomic E-state index is -0.537. The van der Waals surface area contributed by atoms with E-state index in [-0.39, 0.29) is 22.9 Å². The van der Waals surface area contributed by atoms with Gasteiger partial charge in [-0.15, -0.1) is 0 Å². The molecule has 0 unspecified atom stereocenters. The number of ether oxygens (including phenoxy) is 1. The van der Waals surface area contributed by atoms with Gasteiger partial charge in [0.05, 0.1) is 5.60 Å². The molecular weight excluding hydrogens is 372 g/mol. The van der Waals surface area contributed by atoms with E-state index in [1.807, 2.05) is 19.9 Å². The van der Waals surface area contributed by atoms with E-state index in [1.54, 1.807) is 0 Å². The summed E-state index contributed by atoms with van der Waals surface area (Å²) in [4.78, 5) is 12.3. The number of hydrogen-bond acceptors (Lipinski definition) is 3. The van der Waals surface area contributed by atoms with E-state index in [9.17, 15) is 9.90 Å². The normalized spacial score (nSPS) is 50.3. The van der Waals surface area contributed by atoms with Crippen molar-refractivity contribution in [2.45, 2.75) is 110 Å². The van der Waals surface area contributed by atoms with Gasteiger partial charge in [0.15, 0.2) is 11.9 Å². The molecule has 0 radical (unpaired) electrons. The first-order chi connectivity index (χ1) is 14.0. The Morgan fingerprint density at radius 2 is 1.93 bits per heavy atom. The molecule has 0 aromatic carbocycles. The Bertz CT molecular complexity index is 750. The summed E-state index contributed by atoms with van der Waals surface area (Å²) in [6, 6.07) is 0. The first kappa shape index (κ1) is 21.2. The second-order valence-electron chi connectivity index (χ2n) is 12.7. The molecule has 9 atom stereocenters. The minimum Gasteiger partial charge on any atom is -0.390 e. The van der Waals surface area contributed by atoms with Crippen LogP contribution in [-0.2, 0) is 9.53 Å². The molecule has 0 aromatic heterocycles. The molecule has 4 aliphatic carbocycles. The maximum atomic E-state index is 12.3. The van der Waals surface area contributed by atoms with Crippen molar-refractivity contribution in [1.29, 1.82) is 0 Å². The molecule has 168 valence electrons. The Morgan fingerprint density at radius 3 is 2.67 bits per heavy atom. The highest BCUT2D eigenvalue weighted by molar-refractivity contribution is 5.98. The Balaban J connectivity index is 1.32. The fraction of sp³-hybridized carbons (Fsp3) is 0.889. The third-order valence-corrected chi connectivity index (χ3v) is 10.7. The van der Waals surface area contributed by atoms with Crippen LogP contribution in [-0.4, -0.2) is 28.2 Å². The van der Waals surface area contributed by atoms with Crippen molar-refractivity contribution in [2.75, 3.05) is 0 Å². The van der Waals surface area contributed by atoms with E-state index in [2.05, 4.69) is 26.8 Å². The van der Waals surface area contributed by atoms with Crippen LogP contribution in [0.5, 0.6) is 0 Å². The minimum absolute atomic E-state index is 0.0479. The van der Waals surface area contributed by atoms with Gasteiger partial charge in [0, 0.05) is 5.41 Å². The number of rotatable bonds is 5. The zero-order valence-corrected chi connectivity index (χ0v) is 19.7. The third kappa shape index (κ3) is 2.86. The van der Waals surface area contributed by atoms with Crippen LogP contribution in [0.4, 0.5) is 0 Å². The molecule has 1 aliphatic heterocycles. The van der Waals surface area contributed by atoms with Crippen LogP contribution in [0.25, 0.3) is 0 Å². The first-order valence-corrected chi connectivity index (χ1v) is 12.7. The molecular formula is C27H42O3. The van der Waals surface area contributed by atoms with Gasteiger partial charge in [0.25, 0.3) is 0 Å². The van der Waals surface area contributed by atoms with Crippen LogP contribution < -0.4 is 0 Å². The number of carbonyl (C=O) groups is 1. The number of aliphatic hydroxyl groups is 1. The lowest BCUT2D eigenvalue weighted by Crippen LogP contribution is -2.56. The lowest BCUT2D eigenvalue weighted by molar-refractivity contribution is -0.117. The molecule has 1 saturated heterocycles. The van der Waals surface area contributed by atoms with Gasteiger partial charge in [-0.05, 0) is 99.9 Å². The quantitative estimate of drug-likeness (QED) is 0.587. The van der Waals surface area contributed by atoms with Crippen molar-refractivity contribution in [3.63, 3.8) is 0 Å². The van der Waals surface area contributed by atoms with Gasteiger partial charge in [-0.1, -0.05) is 39.7 Å². The van der Waals surface area contributed by atoms with Gasteiger partial charge < -0.3 is 9.84 Å². The molecule has 3 nitrogen and oxygen atoms in total. The van der Waals surface area contributed by atoms with E-state index >= 15 is 0 Å². The van der Waals surface area contributed by atoms with Crippen LogP contribution >= 0.6 is 0 Å².